The largest absolute Gasteiger partial charge is 0.507 e. The first-order valence-electron chi connectivity index (χ1n) is 7.88. The first-order valence-corrected chi connectivity index (χ1v) is 7.88. The molecule has 1 aromatic rings. The van der Waals surface area contributed by atoms with E-state index in [0.29, 0.717) is 11.5 Å². The van der Waals surface area contributed by atoms with Crippen LogP contribution in [0.2, 0.25) is 0 Å². The number of anilines is 1. The molecular formula is C18H23FN4O. The molecule has 0 saturated carbocycles. The minimum atomic E-state index is -0.664. The number of aliphatic hydroxyl groups excluding tert-OH is 1. The number of hydrogen-bond acceptors (Lipinski definition) is 5. The molecule has 24 heavy (non-hydrogen) atoms. The fraction of sp³-hybridized carbons (Fsp3) is 0.333. The summed E-state index contributed by atoms with van der Waals surface area (Å²) < 4.78 is 14.2. The van der Waals surface area contributed by atoms with Gasteiger partial charge in [0.2, 0.25) is 0 Å². The van der Waals surface area contributed by atoms with Crippen LogP contribution in [0.4, 0.5) is 10.2 Å². The Balaban J connectivity index is 2.65. The van der Waals surface area contributed by atoms with Crippen molar-refractivity contribution in [2.45, 2.75) is 13.8 Å². The Hall–Kier alpha value is -2.47. The van der Waals surface area contributed by atoms with Crippen molar-refractivity contribution in [2.75, 3.05) is 31.1 Å². The second-order valence-electron chi connectivity index (χ2n) is 5.41. The minimum absolute atomic E-state index is 0.0532. The van der Waals surface area contributed by atoms with Crippen molar-refractivity contribution in [3.63, 3.8) is 0 Å². The van der Waals surface area contributed by atoms with Crippen LogP contribution >= 0.6 is 0 Å². The maximum Gasteiger partial charge on any atom is 0.168 e. The zero-order valence-corrected chi connectivity index (χ0v) is 14.1. The number of aliphatic hydroxyl groups is 1. The summed E-state index contributed by atoms with van der Waals surface area (Å²) in [5.41, 5.74) is 1.45. The summed E-state index contributed by atoms with van der Waals surface area (Å²) in [4.78, 5) is 11.0. The number of halogens is 1. The molecule has 1 saturated heterocycles. The van der Waals surface area contributed by atoms with Crippen LogP contribution in [0, 0.1) is 6.92 Å². The van der Waals surface area contributed by atoms with Crippen LogP contribution < -0.4 is 10.2 Å². The van der Waals surface area contributed by atoms with Gasteiger partial charge in [0.1, 0.15) is 17.4 Å². The van der Waals surface area contributed by atoms with Gasteiger partial charge in [-0.25, -0.2) is 14.4 Å². The van der Waals surface area contributed by atoms with Gasteiger partial charge in [0.15, 0.2) is 5.82 Å². The van der Waals surface area contributed by atoms with Gasteiger partial charge in [-0.3, -0.25) is 0 Å². The predicted molar refractivity (Wildman–Crippen MR) is 96.6 cm³/mol. The van der Waals surface area contributed by atoms with Gasteiger partial charge >= 0.3 is 0 Å². The molecule has 0 unspecified atom stereocenters. The second kappa shape index (κ2) is 7.88. The van der Waals surface area contributed by atoms with E-state index in [4.69, 9.17) is 0 Å². The highest BCUT2D eigenvalue weighted by molar-refractivity contribution is 5.78. The number of allylic oxidation sites excluding steroid dienone is 4. The van der Waals surface area contributed by atoms with E-state index < -0.39 is 5.83 Å². The zero-order chi connectivity index (χ0) is 17.7. The van der Waals surface area contributed by atoms with Crippen LogP contribution in [-0.4, -0.2) is 41.3 Å². The highest BCUT2D eigenvalue weighted by atomic mass is 19.1. The van der Waals surface area contributed by atoms with E-state index in [-0.39, 0.29) is 17.2 Å². The summed E-state index contributed by atoms with van der Waals surface area (Å²) >= 11 is 0. The van der Waals surface area contributed by atoms with Gasteiger partial charge in [0.25, 0.3) is 0 Å². The van der Waals surface area contributed by atoms with Crippen molar-refractivity contribution in [3.05, 3.63) is 54.0 Å². The first-order chi connectivity index (χ1) is 11.5. The van der Waals surface area contributed by atoms with Gasteiger partial charge in [-0.05, 0) is 26.0 Å². The molecule has 0 bridgehead atoms. The van der Waals surface area contributed by atoms with E-state index >= 15 is 0 Å². The molecule has 128 valence electrons. The van der Waals surface area contributed by atoms with Crippen molar-refractivity contribution < 1.29 is 9.50 Å². The van der Waals surface area contributed by atoms with Crippen LogP contribution in [0.15, 0.2) is 36.9 Å². The summed E-state index contributed by atoms with van der Waals surface area (Å²) in [6, 6.07) is 0. The topological polar surface area (TPSA) is 61.3 Å². The third-order valence-electron chi connectivity index (χ3n) is 3.91. The molecule has 0 spiro atoms. The van der Waals surface area contributed by atoms with Gasteiger partial charge < -0.3 is 15.3 Å². The maximum absolute atomic E-state index is 14.2. The molecule has 2 heterocycles. The van der Waals surface area contributed by atoms with E-state index in [1.54, 1.807) is 13.0 Å². The zero-order valence-electron chi connectivity index (χ0n) is 14.1. The van der Waals surface area contributed by atoms with Crippen LogP contribution in [0.25, 0.3) is 11.6 Å². The number of piperazine rings is 1. The molecule has 5 nitrogen and oxygen atoms in total. The van der Waals surface area contributed by atoms with Gasteiger partial charge in [-0.1, -0.05) is 19.2 Å². The predicted octanol–water partition coefficient (Wildman–Crippen LogP) is 3.17. The molecule has 0 atom stereocenters. The molecule has 1 aliphatic rings. The van der Waals surface area contributed by atoms with E-state index in [2.05, 4.69) is 33.3 Å². The average molecular weight is 330 g/mol. The molecule has 6 heteroatoms. The lowest BCUT2D eigenvalue weighted by Gasteiger charge is -2.30. The smallest absolute Gasteiger partial charge is 0.168 e. The Kier molecular flexibility index (Phi) is 5.87. The Bertz CT molecular complexity index is 703. The number of aryl methyl sites for hydroxylation is 1. The van der Waals surface area contributed by atoms with Crippen molar-refractivity contribution in [1.29, 1.82) is 0 Å². The van der Waals surface area contributed by atoms with Crippen molar-refractivity contribution in [1.82, 2.24) is 15.3 Å². The molecule has 0 aromatic carbocycles. The molecule has 1 aromatic heterocycles. The van der Waals surface area contributed by atoms with E-state index in [1.165, 1.54) is 6.08 Å². The Morgan fingerprint density at radius 2 is 1.96 bits per heavy atom. The lowest BCUT2D eigenvalue weighted by Crippen LogP contribution is -2.44. The fourth-order valence-electron chi connectivity index (χ4n) is 2.63. The monoisotopic (exact) mass is 330 g/mol. The Labute approximate surface area is 141 Å². The summed E-state index contributed by atoms with van der Waals surface area (Å²) in [5.74, 6) is -0.0427. The quantitative estimate of drug-likeness (QED) is 0.641. The standard InChI is InChI=1S/C18H23FN4O/c1-5-13-12(4)21-17(16(14(19)6-2)15(24)7-3)22-18(13)23-10-8-20-9-11-23/h5-7,20,24H,1-2,8-11H2,3-4H3/b15-7+,16-14-. The average Bonchev–Trinajstić information content (AvgIpc) is 2.61. The highest BCUT2D eigenvalue weighted by Crippen LogP contribution is 2.29. The summed E-state index contributed by atoms with van der Waals surface area (Å²) in [6.07, 6.45) is 4.15. The van der Waals surface area contributed by atoms with Gasteiger partial charge in [0.05, 0.1) is 11.3 Å². The number of rotatable bonds is 5. The molecule has 1 aliphatic heterocycles. The van der Waals surface area contributed by atoms with E-state index in [0.717, 1.165) is 37.8 Å². The lowest BCUT2D eigenvalue weighted by atomic mass is 10.1. The van der Waals surface area contributed by atoms with Crippen molar-refractivity contribution >= 4 is 17.5 Å². The maximum atomic E-state index is 14.2. The number of nitrogens with zero attached hydrogens (tertiary/aromatic N) is 3. The van der Waals surface area contributed by atoms with Gasteiger partial charge in [-0.15, -0.1) is 0 Å². The van der Waals surface area contributed by atoms with Crippen LogP contribution in [0.1, 0.15) is 24.0 Å². The summed E-state index contributed by atoms with van der Waals surface area (Å²) in [5, 5.41) is 13.4. The number of aromatic nitrogens is 2. The molecule has 2 rings (SSSR count). The normalized spacial score (nSPS) is 16.6. The van der Waals surface area contributed by atoms with Gasteiger partial charge in [0, 0.05) is 31.7 Å². The molecular weight excluding hydrogens is 307 g/mol. The van der Waals surface area contributed by atoms with Crippen molar-refractivity contribution in [3.8, 4) is 0 Å². The molecule has 1 fully saturated rings. The fourth-order valence-corrected chi connectivity index (χ4v) is 2.63. The third-order valence-corrected chi connectivity index (χ3v) is 3.91. The summed E-state index contributed by atoms with van der Waals surface area (Å²) in [6.45, 7) is 14.0. The molecule has 2 N–H and O–H groups in total. The van der Waals surface area contributed by atoms with E-state index in [9.17, 15) is 9.50 Å². The molecule has 0 amide bonds. The Morgan fingerprint density at radius 1 is 1.29 bits per heavy atom. The van der Waals surface area contributed by atoms with Gasteiger partial charge in [-0.2, -0.15) is 0 Å². The van der Waals surface area contributed by atoms with Crippen LogP contribution in [0.5, 0.6) is 0 Å². The highest BCUT2D eigenvalue weighted by Gasteiger charge is 2.22. The second-order valence-corrected chi connectivity index (χ2v) is 5.41. The molecule has 0 aliphatic carbocycles. The molecule has 0 radical (unpaired) electrons. The number of hydrogen-bond donors (Lipinski definition) is 2. The van der Waals surface area contributed by atoms with Crippen LogP contribution in [0.3, 0.4) is 0 Å². The third kappa shape index (κ3) is 3.54. The minimum Gasteiger partial charge on any atom is -0.507 e. The van der Waals surface area contributed by atoms with Crippen molar-refractivity contribution in [2.24, 2.45) is 0 Å². The SMILES string of the molecule is C=C/C(F)=C(\C(O)=C/C)c1nc(C)c(C=C)c(N2CCNCC2)n1. The first kappa shape index (κ1) is 17.9. The van der Waals surface area contributed by atoms with Crippen LogP contribution in [-0.2, 0) is 0 Å². The number of nitrogens with one attached hydrogen (secondary N) is 1. The lowest BCUT2D eigenvalue weighted by molar-refractivity contribution is 0.433. The summed E-state index contributed by atoms with van der Waals surface area (Å²) in [7, 11) is 0. The Morgan fingerprint density at radius 3 is 2.50 bits per heavy atom. The van der Waals surface area contributed by atoms with E-state index in [1.807, 2.05) is 6.92 Å².